The molecule has 2 rings (SSSR count). The highest BCUT2D eigenvalue weighted by atomic mass is 127. The Labute approximate surface area is 189 Å². The van der Waals surface area contributed by atoms with Gasteiger partial charge in [0.15, 0.2) is 5.96 Å². The summed E-state index contributed by atoms with van der Waals surface area (Å²) in [5.74, 6) is 1.55. The summed E-state index contributed by atoms with van der Waals surface area (Å²) >= 11 is 1.55. The lowest BCUT2D eigenvalue weighted by Gasteiger charge is -2.26. The molecule has 7 heteroatoms. The lowest BCUT2D eigenvalue weighted by molar-refractivity contribution is 0.0655. The molecule has 0 amide bonds. The Morgan fingerprint density at radius 3 is 2.54 bits per heavy atom. The number of nitrogens with zero attached hydrogens (tertiary/aromatic N) is 1. The molecule has 1 unspecified atom stereocenters. The van der Waals surface area contributed by atoms with E-state index >= 15 is 0 Å². The maximum Gasteiger partial charge on any atom is 0.191 e. The second-order valence-corrected chi connectivity index (χ2v) is 8.36. The fourth-order valence-corrected chi connectivity index (χ4v) is 3.47. The second-order valence-electron chi connectivity index (χ2n) is 7.42. The van der Waals surface area contributed by atoms with Gasteiger partial charge in [-0.05, 0) is 43.0 Å². The predicted octanol–water partition coefficient (Wildman–Crippen LogP) is 4.12. The molecule has 28 heavy (non-hydrogen) atoms. The van der Waals surface area contributed by atoms with E-state index in [0.717, 1.165) is 17.2 Å². The molecule has 0 spiro atoms. The van der Waals surface area contributed by atoms with E-state index in [1.165, 1.54) is 5.56 Å². The van der Waals surface area contributed by atoms with Crippen molar-refractivity contribution >= 4 is 41.3 Å². The lowest BCUT2D eigenvalue weighted by atomic mass is 9.85. The van der Waals surface area contributed by atoms with Gasteiger partial charge in [0.2, 0.25) is 0 Å². The van der Waals surface area contributed by atoms with Crippen molar-refractivity contribution < 1.29 is 9.84 Å². The molecule has 1 aromatic heterocycles. The molecule has 1 aromatic carbocycles. The zero-order chi connectivity index (χ0) is 19.9. The third-order valence-corrected chi connectivity index (χ3v) is 5.60. The number of methoxy groups -OCH3 is 1. The number of hydrogen-bond donors (Lipinski definition) is 3. The maximum absolute atomic E-state index is 10.7. The van der Waals surface area contributed by atoms with E-state index < -0.39 is 5.60 Å². The van der Waals surface area contributed by atoms with E-state index in [1.807, 2.05) is 43.5 Å². The van der Waals surface area contributed by atoms with Crippen molar-refractivity contribution in [3.63, 3.8) is 0 Å². The van der Waals surface area contributed by atoms with Gasteiger partial charge in [0.05, 0.1) is 20.2 Å². The van der Waals surface area contributed by atoms with Gasteiger partial charge in [-0.1, -0.05) is 32.0 Å². The summed E-state index contributed by atoms with van der Waals surface area (Å²) < 4.78 is 5.34. The zero-order valence-electron chi connectivity index (χ0n) is 17.3. The van der Waals surface area contributed by atoms with Crippen molar-refractivity contribution in [2.24, 2.45) is 4.99 Å². The van der Waals surface area contributed by atoms with Crippen LogP contribution >= 0.6 is 35.3 Å². The van der Waals surface area contributed by atoms with Crippen LogP contribution in [0, 0.1) is 0 Å². The van der Waals surface area contributed by atoms with Crippen molar-refractivity contribution in [1.29, 1.82) is 0 Å². The second kappa shape index (κ2) is 11.0. The Bertz CT molecular complexity index is 746. The zero-order valence-corrected chi connectivity index (χ0v) is 20.4. The quantitative estimate of drug-likeness (QED) is 0.280. The minimum atomic E-state index is -0.938. The number of guanidine groups is 1. The number of ether oxygens (including phenoxy) is 1. The number of benzene rings is 1. The van der Waals surface area contributed by atoms with Crippen molar-refractivity contribution in [2.45, 2.75) is 38.7 Å². The van der Waals surface area contributed by atoms with Gasteiger partial charge in [0.25, 0.3) is 0 Å². The van der Waals surface area contributed by atoms with E-state index in [2.05, 4.69) is 36.6 Å². The Hall–Kier alpha value is -1.32. The molecule has 3 N–H and O–H groups in total. The number of aliphatic imine (C=N–C) groups is 1. The minimum absolute atomic E-state index is 0. The van der Waals surface area contributed by atoms with E-state index in [9.17, 15) is 5.11 Å². The summed E-state index contributed by atoms with van der Waals surface area (Å²) in [6.07, 6.45) is 0. The molecule has 2 aromatic rings. The SMILES string of the molecule is CCNC(=NCC(C)(C)c1cccc(OC)c1)NCC(C)(O)c1cccs1.I. The molecule has 0 fully saturated rings. The number of hydrogen-bond acceptors (Lipinski definition) is 4. The molecule has 5 nitrogen and oxygen atoms in total. The van der Waals surface area contributed by atoms with Gasteiger partial charge in [-0.25, -0.2) is 0 Å². The van der Waals surface area contributed by atoms with Crippen LogP contribution in [0.2, 0.25) is 0 Å². The first kappa shape index (κ1) is 24.7. The summed E-state index contributed by atoms with van der Waals surface area (Å²) in [6, 6.07) is 12.0. The van der Waals surface area contributed by atoms with Crippen LogP contribution in [0.5, 0.6) is 5.75 Å². The average molecular weight is 517 g/mol. The van der Waals surface area contributed by atoms with Crippen LogP contribution in [-0.2, 0) is 11.0 Å². The van der Waals surface area contributed by atoms with Gasteiger partial charge in [-0.3, -0.25) is 4.99 Å². The van der Waals surface area contributed by atoms with E-state index in [1.54, 1.807) is 18.4 Å². The summed E-state index contributed by atoms with van der Waals surface area (Å²) in [6.45, 7) is 9.92. The van der Waals surface area contributed by atoms with E-state index in [-0.39, 0.29) is 29.4 Å². The highest BCUT2D eigenvalue weighted by Gasteiger charge is 2.25. The molecule has 0 aliphatic rings. The Kier molecular flexibility index (Phi) is 9.73. The van der Waals surface area contributed by atoms with Gasteiger partial charge in [-0.15, -0.1) is 35.3 Å². The fraction of sp³-hybridized carbons (Fsp3) is 0.476. The van der Waals surface area contributed by atoms with Gasteiger partial charge < -0.3 is 20.5 Å². The molecule has 1 atom stereocenters. The number of thiophene rings is 1. The third-order valence-electron chi connectivity index (χ3n) is 4.48. The first-order valence-corrected chi connectivity index (χ1v) is 10.1. The van der Waals surface area contributed by atoms with Gasteiger partial charge >= 0.3 is 0 Å². The molecule has 156 valence electrons. The first-order valence-electron chi connectivity index (χ1n) is 9.21. The summed E-state index contributed by atoms with van der Waals surface area (Å²) in [4.78, 5) is 5.68. The van der Waals surface area contributed by atoms with Crippen LogP contribution in [-0.4, -0.2) is 37.8 Å². The van der Waals surface area contributed by atoms with Crippen molar-refractivity contribution in [1.82, 2.24) is 10.6 Å². The van der Waals surface area contributed by atoms with Crippen molar-refractivity contribution in [3.05, 3.63) is 52.2 Å². The van der Waals surface area contributed by atoms with Crippen molar-refractivity contribution in [2.75, 3.05) is 26.7 Å². The minimum Gasteiger partial charge on any atom is -0.497 e. The molecule has 0 aliphatic heterocycles. The third kappa shape index (κ3) is 6.93. The Morgan fingerprint density at radius 2 is 1.93 bits per heavy atom. The van der Waals surface area contributed by atoms with Crippen LogP contribution in [0.4, 0.5) is 0 Å². The van der Waals surface area contributed by atoms with Crippen LogP contribution in [0.15, 0.2) is 46.8 Å². The van der Waals surface area contributed by atoms with Gasteiger partial charge in [-0.2, -0.15) is 0 Å². The number of aliphatic hydroxyl groups is 1. The van der Waals surface area contributed by atoms with Crippen LogP contribution in [0.1, 0.15) is 38.1 Å². The Balaban J connectivity index is 0.00000392. The maximum atomic E-state index is 10.7. The van der Waals surface area contributed by atoms with Gasteiger partial charge in [0, 0.05) is 16.8 Å². The van der Waals surface area contributed by atoms with Gasteiger partial charge in [0.1, 0.15) is 11.4 Å². The summed E-state index contributed by atoms with van der Waals surface area (Å²) in [5.41, 5.74) is 0.0897. The highest BCUT2D eigenvalue weighted by Crippen LogP contribution is 2.27. The number of rotatable bonds is 8. The smallest absolute Gasteiger partial charge is 0.191 e. The topological polar surface area (TPSA) is 65.9 Å². The molecule has 0 saturated carbocycles. The predicted molar refractivity (Wildman–Crippen MR) is 129 cm³/mol. The first-order chi connectivity index (χ1) is 12.8. The fourth-order valence-electron chi connectivity index (χ4n) is 2.68. The van der Waals surface area contributed by atoms with Crippen LogP contribution in [0.25, 0.3) is 0 Å². The molecule has 1 heterocycles. The molecule has 0 bridgehead atoms. The van der Waals surface area contributed by atoms with E-state index in [4.69, 9.17) is 9.73 Å². The van der Waals surface area contributed by atoms with Crippen LogP contribution < -0.4 is 15.4 Å². The van der Waals surface area contributed by atoms with Crippen LogP contribution in [0.3, 0.4) is 0 Å². The molecule has 0 aliphatic carbocycles. The molecule has 0 saturated heterocycles. The standard InChI is InChI=1S/C21H31N3O2S.HI/c1-6-22-19(24-15-21(4,25)18-11-8-12-27-18)23-14-20(2,3)16-9-7-10-17(13-16)26-5;/h7-13,25H,6,14-15H2,1-5H3,(H2,22,23,24);1H. The number of halogens is 1. The summed E-state index contributed by atoms with van der Waals surface area (Å²) in [5, 5.41) is 19.2. The monoisotopic (exact) mass is 517 g/mol. The summed E-state index contributed by atoms with van der Waals surface area (Å²) in [7, 11) is 1.68. The highest BCUT2D eigenvalue weighted by molar-refractivity contribution is 14.0. The normalized spacial score (nSPS) is 14.0. The molecular formula is C21H32IN3O2S. The molecular weight excluding hydrogens is 485 g/mol. The van der Waals surface area contributed by atoms with Crippen molar-refractivity contribution in [3.8, 4) is 5.75 Å². The molecule has 0 radical (unpaired) electrons. The average Bonchev–Trinajstić information content (AvgIpc) is 3.20. The number of nitrogens with one attached hydrogen (secondary N) is 2. The lowest BCUT2D eigenvalue weighted by Crippen LogP contribution is -2.44. The van der Waals surface area contributed by atoms with E-state index in [0.29, 0.717) is 19.0 Å². The Morgan fingerprint density at radius 1 is 1.18 bits per heavy atom. The largest absolute Gasteiger partial charge is 0.497 e.